The van der Waals surface area contributed by atoms with Crippen LogP contribution in [0.5, 0.6) is 0 Å². The van der Waals surface area contributed by atoms with Gasteiger partial charge in [0.2, 0.25) is 5.91 Å². The molecule has 23 heavy (non-hydrogen) atoms. The van der Waals surface area contributed by atoms with Crippen molar-refractivity contribution in [3.8, 4) is 6.07 Å². The molecule has 1 aromatic carbocycles. The number of hydrogen-bond donors (Lipinski definition) is 1. The Morgan fingerprint density at radius 2 is 2.39 bits per heavy atom. The topological polar surface area (TPSA) is 67.0 Å². The summed E-state index contributed by atoms with van der Waals surface area (Å²) in [6.07, 6.45) is 4.85. The second-order valence-corrected chi connectivity index (χ2v) is 5.89. The Labute approximate surface area is 135 Å². The van der Waals surface area contributed by atoms with Gasteiger partial charge < -0.3 is 14.6 Å². The molecular formula is C18H21N3O2. The zero-order valence-corrected chi connectivity index (χ0v) is 13.3. The minimum absolute atomic E-state index is 0.0483. The lowest BCUT2D eigenvalue weighted by Gasteiger charge is -2.12. The molecule has 0 saturated carbocycles. The summed E-state index contributed by atoms with van der Waals surface area (Å²) in [6.45, 7) is 3.65. The van der Waals surface area contributed by atoms with Gasteiger partial charge >= 0.3 is 0 Å². The highest BCUT2D eigenvalue weighted by Gasteiger charge is 2.17. The van der Waals surface area contributed by atoms with Crippen LogP contribution in [0, 0.1) is 11.3 Å². The second kappa shape index (κ2) is 6.84. The Hall–Kier alpha value is -2.32. The number of amides is 1. The summed E-state index contributed by atoms with van der Waals surface area (Å²) in [5.74, 6) is -0.0483. The van der Waals surface area contributed by atoms with Crippen molar-refractivity contribution in [3.63, 3.8) is 0 Å². The summed E-state index contributed by atoms with van der Waals surface area (Å²) in [6, 6.07) is 8.17. The fourth-order valence-corrected chi connectivity index (χ4v) is 3.18. The molecule has 5 heteroatoms. The van der Waals surface area contributed by atoms with Crippen molar-refractivity contribution >= 4 is 16.8 Å². The lowest BCUT2D eigenvalue weighted by Crippen LogP contribution is -2.34. The van der Waals surface area contributed by atoms with Crippen molar-refractivity contribution in [1.82, 2.24) is 9.88 Å². The van der Waals surface area contributed by atoms with Crippen molar-refractivity contribution in [2.75, 3.05) is 13.2 Å². The quantitative estimate of drug-likeness (QED) is 0.922. The Morgan fingerprint density at radius 1 is 1.52 bits per heavy atom. The molecule has 0 radical (unpaired) electrons. The number of para-hydroxylation sites is 1. The van der Waals surface area contributed by atoms with E-state index in [1.807, 2.05) is 22.8 Å². The van der Waals surface area contributed by atoms with Gasteiger partial charge in [0, 0.05) is 24.7 Å². The molecule has 120 valence electrons. The van der Waals surface area contributed by atoms with Crippen LogP contribution in [-0.2, 0) is 22.5 Å². The van der Waals surface area contributed by atoms with Crippen LogP contribution >= 0.6 is 0 Å². The first-order valence-electron chi connectivity index (χ1n) is 8.12. The maximum absolute atomic E-state index is 12.2. The number of carbonyl (C=O) groups is 1. The van der Waals surface area contributed by atoms with E-state index in [1.54, 1.807) is 6.20 Å². The molecule has 1 atom stereocenters. The number of aryl methyl sites for hydroxylation is 1. The molecule has 2 heterocycles. The minimum atomic E-state index is -0.0483. The van der Waals surface area contributed by atoms with Crippen molar-refractivity contribution in [2.24, 2.45) is 0 Å². The van der Waals surface area contributed by atoms with Crippen LogP contribution in [0.4, 0.5) is 0 Å². The SMILES string of the molecule is CCc1cccc2c(C#N)cn(CC(=O)NC[C@H]3CCCO3)c12. The third kappa shape index (κ3) is 3.22. The number of nitrogens with zero attached hydrogens (tertiary/aromatic N) is 2. The summed E-state index contributed by atoms with van der Waals surface area (Å²) in [4.78, 5) is 12.2. The molecule has 0 aliphatic carbocycles. The van der Waals surface area contributed by atoms with Gasteiger partial charge in [-0.1, -0.05) is 25.1 Å². The zero-order chi connectivity index (χ0) is 16.2. The molecule has 0 unspecified atom stereocenters. The van der Waals surface area contributed by atoms with Gasteiger partial charge in [-0.15, -0.1) is 0 Å². The number of fused-ring (bicyclic) bond motifs is 1. The predicted molar refractivity (Wildman–Crippen MR) is 88.0 cm³/mol. The molecule has 2 aromatic rings. The number of rotatable bonds is 5. The first-order chi connectivity index (χ1) is 11.2. The number of nitriles is 1. The maximum atomic E-state index is 12.2. The number of benzene rings is 1. The number of hydrogen-bond acceptors (Lipinski definition) is 3. The van der Waals surface area contributed by atoms with E-state index >= 15 is 0 Å². The van der Waals surface area contributed by atoms with Crippen molar-refractivity contribution in [3.05, 3.63) is 35.5 Å². The maximum Gasteiger partial charge on any atom is 0.240 e. The van der Waals surface area contributed by atoms with Crippen molar-refractivity contribution in [2.45, 2.75) is 38.8 Å². The zero-order valence-electron chi connectivity index (χ0n) is 13.3. The Balaban J connectivity index is 1.79. The van der Waals surface area contributed by atoms with Crippen molar-refractivity contribution < 1.29 is 9.53 Å². The molecule has 5 nitrogen and oxygen atoms in total. The van der Waals surface area contributed by atoms with Gasteiger partial charge in [0.15, 0.2) is 0 Å². The molecule has 1 amide bonds. The van der Waals surface area contributed by atoms with Crippen LogP contribution < -0.4 is 5.32 Å². The summed E-state index contributed by atoms with van der Waals surface area (Å²) in [5, 5.41) is 13.2. The van der Waals surface area contributed by atoms with Crippen LogP contribution in [0.3, 0.4) is 0 Å². The lowest BCUT2D eigenvalue weighted by molar-refractivity contribution is -0.122. The Kier molecular flexibility index (Phi) is 4.63. The molecule has 1 N–H and O–H groups in total. The first-order valence-corrected chi connectivity index (χ1v) is 8.12. The van der Waals surface area contributed by atoms with Gasteiger partial charge in [-0.3, -0.25) is 4.79 Å². The van der Waals surface area contributed by atoms with Crippen LogP contribution in [0.2, 0.25) is 0 Å². The molecule has 0 bridgehead atoms. The molecule has 1 fully saturated rings. The van der Waals surface area contributed by atoms with Crippen LogP contribution in [0.25, 0.3) is 10.9 Å². The minimum Gasteiger partial charge on any atom is -0.376 e. The molecule has 3 rings (SSSR count). The number of carbonyl (C=O) groups excluding carboxylic acids is 1. The highest BCUT2D eigenvalue weighted by atomic mass is 16.5. The highest BCUT2D eigenvalue weighted by Crippen LogP contribution is 2.25. The molecule has 1 aliphatic heterocycles. The highest BCUT2D eigenvalue weighted by molar-refractivity contribution is 5.90. The van der Waals surface area contributed by atoms with E-state index < -0.39 is 0 Å². The first kappa shape index (κ1) is 15.6. The van der Waals surface area contributed by atoms with Crippen LogP contribution in [0.15, 0.2) is 24.4 Å². The van der Waals surface area contributed by atoms with Gasteiger partial charge in [-0.05, 0) is 24.8 Å². The standard InChI is InChI=1S/C18H21N3O2/c1-2-13-5-3-7-16-14(9-19)11-21(18(13)16)12-17(22)20-10-15-6-4-8-23-15/h3,5,7,11,15H,2,4,6,8,10,12H2,1H3,(H,20,22)/t15-/m1/s1. The summed E-state index contributed by atoms with van der Waals surface area (Å²) >= 11 is 0. The van der Waals surface area contributed by atoms with E-state index in [0.717, 1.165) is 42.3 Å². The van der Waals surface area contributed by atoms with Crippen LogP contribution in [-0.4, -0.2) is 29.7 Å². The molecule has 1 saturated heterocycles. The number of nitrogens with one attached hydrogen (secondary N) is 1. The average Bonchev–Trinajstić information content (AvgIpc) is 3.20. The Morgan fingerprint density at radius 3 is 3.09 bits per heavy atom. The number of aromatic nitrogens is 1. The molecule has 1 aromatic heterocycles. The third-order valence-electron chi connectivity index (χ3n) is 4.35. The summed E-state index contributed by atoms with van der Waals surface area (Å²) in [5.41, 5.74) is 2.75. The second-order valence-electron chi connectivity index (χ2n) is 5.89. The van der Waals surface area contributed by atoms with Gasteiger partial charge in [-0.25, -0.2) is 0 Å². The molecular weight excluding hydrogens is 290 g/mol. The van der Waals surface area contributed by atoms with E-state index in [-0.39, 0.29) is 18.6 Å². The monoisotopic (exact) mass is 311 g/mol. The lowest BCUT2D eigenvalue weighted by atomic mass is 10.1. The largest absolute Gasteiger partial charge is 0.376 e. The third-order valence-corrected chi connectivity index (χ3v) is 4.35. The molecule has 1 aliphatic rings. The van der Waals surface area contributed by atoms with Gasteiger partial charge in [0.1, 0.15) is 12.6 Å². The fraction of sp³-hybridized carbons (Fsp3) is 0.444. The smallest absolute Gasteiger partial charge is 0.240 e. The van der Waals surface area contributed by atoms with E-state index in [1.165, 1.54) is 0 Å². The molecule has 0 spiro atoms. The van der Waals surface area contributed by atoms with Crippen molar-refractivity contribution in [1.29, 1.82) is 5.26 Å². The van der Waals surface area contributed by atoms with Crippen LogP contribution in [0.1, 0.15) is 30.9 Å². The Bertz CT molecular complexity index is 751. The van der Waals surface area contributed by atoms with Gasteiger partial charge in [0.25, 0.3) is 0 Å². The normalized spacial score (nSPS) is 17.3. The van der Waals surface area contributed by atoms with E-state index in [0.29, 0.717) is 12.1 Å². The predicted octanol–water partition coefficient (Wildman–Crippen LogP) is 2.37. The summed E-state index contributed by atoms with van der Waals surface area (Å²) < 4.78 is 7.40. The van der Waals surface area contributed by atoms with E-state index in [4.69, 9.17) is 4.74 Å². The fourth-order valence-electron chi connectivity index (χ4n) is 3.18. The van der Waals surface area contributed by atoms with E-state index in [9.17, 15) is 10.1 Å². The van der Waals surface area contributed by atoms with E-state index in [2.05, 4.69) is 18.3 Å². The van der Waals surface area contributed by atoms with Gasteiger partial charge in [0.05, 0.1) is 17.2 Å². The average molecular weight is 311 g/mol. The van der Waals surface area contributed by atoms with Gasteiger partial charge in [-0.2, -0.15) is 5.26 Å². The summed E-state index contributed by atoms with van der Waals surface area (Å²) in [7, 11) is 0. The number of ether oxygens (including phenoxy) is 1.